The minimum atomic E-state index is -3.88. The topological polar surface area (TPSA) is 70.0 Å². The Kier molecular flexibility index (Phi) is 3.80. The molecule has 1 aliphatic carbocycles. The maximum absolute atomic E-state index is 12.3. The van der Waals surface area contributed by atoms with Crippen LogP contribution >= 0.6 is 23.2 Å². The lowest BCUT2D eigenvalue weighted by Gasteiger charge is -2.23. The van der Waals surface area contributed by atoms with E-state index in [1.54, 1.807) is 6.92 Å². The van der Waals surface area contributed by atoms with E-state index in [2.05, 4.69) is 4.72 Å². The van der Waals surface area contributed by atoms with Crippen molar-refractivity contribution in [3.63, 3.8) is 0 Å². The fourth-order valence-corrected chi connectivity index (χ4v) is 4.03. The molecule has 19 heavy (non-hydrogen) atoms. The average molecular weight is 319 g/mol. The number of halogens is 2. The molecule has 0 bridgehead atoms. The highest BCUT2D eigenvalue weighted by Gasteiger charge is 2.45. The van der Waals surface area contributed by atoms with Gasteiger partial charge in [0.1, 0.15) is 10.4 Å². The second kappa shape index (κ2) is 4.95. The number of hydrogen-bond acceptors (Lipinski definition) is 3. The monoisotopic (exact) mass is 318 g/mol. The largest absolute Gasteiger partial charge is 0.243 e. The summed E-state index contributed by atoms with van der Waals surface area (Å²) in [7, 11) is -3.88. The van der Waals surface area contributed by atoms with Crippen molar-refractivity contribution in [2.45, 2.75) is 30.2 Å². The van der Waals surface area contributed by atoms with Crippen LogP contribution in [0.15, 0.2) is 23.1 Å². The van der Waals surface area contributed by atoms with Crippen molar-refractivity contribution in [3.05, 3.63) is 28.2 Å². The van der Waals surface area contributed by atoms with Crippen molar-refractivity contribution in [3.8, 4) is 6.07 Å². The molecule has 1 atom stereocenters. The highest BCUT2D eigenvalue weighted by molar-refractivity contribution is 7.89. The molecule has 1 fully saturated rings. The molecule has 0 unspecified atom stereocenters. The predicted molar refractivity (Wildman–Crippen MR) is 73.5 cm³/mol. The third kappa shape index (κ3) is 2.87. The molecule has 1 N–H and O–H groups in total. The Morgan fingerprint density at radius 1 is 1.42 bits per heavy atom. The second-order valence-corrected chi connectivity index (χ2v) is 7.18. The first-order chi connectivity index (χ1) is 8.80. The maximum Gasteiger partial charge on any atom is 0.243 e. The summed E-state index contributed by atoms with van der Waals surface area (Å²) in [6, 6.07) is 6.41. The zero-order chi connectivity index (χ0) is 14.3. The molecular formula is C12H12Cl2N2O2S. The number of sulfonamides is 1. The standard InChI is InChI=1S/C12H12Cl2N2O2S/c1-12(7-15,8-5-6-8)16-19(17,18)10-4-2-3-9(13)11(10)14/h2-4,8,16H,5-6H2,1H3/t12-/m0/s1. The van der Waals surface area contributed by atoms with E-state index < -0.39 is 15.6 Å². The van der Waals surface area contributed by atoms with Crippen LogP contribution in [0.3, 0.4) is 0 Å². The minimum Gasteiger partial charge on any atom is -0.207 e. The summed E-state index contributed by atoms with van der Waals surface area (Å²) in [4.78, 5) is -0.108. The smallest absolute Gasteiger partial charge is 0.207 e. The fourth-order valence-electron chi connectivity index (χ4n) is 1.88. The highest BCUT2D eigenvalue weighted by Crippen LogP contribution is 2.40. The molecular weight excluding hydrogens is 307 g/mol. The number of hydrogen-bond donors (Lipinski definition) is 1. The molecule has 0 aliphatic heterocycles. The fraction of sp³-hybridized carbons (Fsp3) is 0.417. The van der Waals surface area contributed by atoms with Crippen molar-refractivity contribution in [2.75, 3.05) is 0 Å². The second-order valence-electron chi connectivity index (χ2n) is 4.75. The lowest BCUT2D eigenvalue weighted by molar-refractivity contribution is 0.458. The van der Waals surface area contributed by atoms with Crippen molar-refractivity contribution in [1.29, 1.82) is 5.26 Å². The average Bonchev–Trinajstić information content (AvgIpc) is 3.16. The van der Waals surface area contributed by atoms with Gasteiger partial charge in [0.2, 0.25) is 10.0 Å². The van der Waals surface area contributed by atoms with E-state index in [0.29, 0.717) is 0 Å². The van der Waals surface area contributed by atoms with Gasteiger partial charge in [-0.2, -0.15) is 9.98 Å². The van der Waals surface area contributed by atoms with Gasteiger partial charge in [-0.25, -0.2) is 8.42 Å². The number of nitrogens with zero attached hydrogens (tertiary/aromatic N) is 1. The van der Waals surface area contributed by atoms with Gasteiger partial charge in [-0.05, 0) is 37.8 Å². The first-order valence-electron chi connectivity index (χ1n) is 5.69. The van der Waals surface area contributed by atoms with Gasteiger partial charge in [-0.1, -0.05) is 29.3 Å². The number of nitrogens with one attached hydrogen (secondary N) is 1. The first kappa shape index (κ1) is 14.6. The van der Waals surface area contributed by atoms with Crippen LogP contribution in [0.25, 0.3) is 0 Å². The maximum atomic E-state index is 12.3. The van der Waals surface area contributed by atoms with Crippen LogP contribution in [-0.2, 0) is 10.0 Å². The van der Waals surface area contributed by atoms with Crippen molar-refractivity contribution in [2.24, 2.45) is 5.92 Å². The molecule has 0 saturated heterocycles. The van der Waals surface area contributed by atoms with Crippen molar-refractivity contribution < 1.29 is 8.42 Å². The van der Waals surface area contributed by atoms with Gasteiger partial charge in [0.15, 0.2) is 0 Å². The van der Waals surface area contributed by atoms with E-state index in [-0.39, 0.29) is 20.9 Å². The molecule has 0 aromatic heterocycles. The molecule has 1 aromatic carbocycles. The SMILES string of the molecule is C[C@@](C#N)(NS(=O)(=O)c1cccc(Cl)c1Cl)C1CC1. The van der Waals surface area contributed by atoms with Gasteiger partial charge in [0.05, 0.1) is 16.1 Å². The van der Waals surface area contributed by atoms with Gasteiger partial charge >= 0.3 is 0 Å². The normalized spacial score (nSPS) is 18.6. The summed E-state index contributed by atoms with van der Waals surface area (Å²) in [6.07, 6.45) is 1.69. The summed E-state index contributed by atoms with van der Waals surface area (Å²) in [5.74, 6) is 0.0465. The Hall–Kier alpha value is -0.800. The Morgan fingerprint density at radius 2 is 2.05 bits per heavy atom. The van der Waals surface area contributed by atoms with E-state index in [0.717, 1.165) is 12.8 Å². The number of benzene rings is 1. The Morgan fingerprint density at radius 3 is 2.58 bits per heavy atom. The third-order valence-corrected chi connectivity index (χ3v) is 5.72. The zero-order valence-corrected chi connectivity index (χ0v) is 12.5. The van der Waals surface area contributed by atoms with Crippen LogP contribution in [0.5, 0.6) is 0 Å². The molecule has 2 rings (SSSR count). The third-order valence-electron chi connectivity index (χ3n) is 3.18. The summed E-state index contributed by atoms with van der Waals surface area (Å²) < 4.78 is 27.0. The zero-order valence-electron chi connectivity index (χ0n) is 10.2. The van der Waals surface area contributed by atoms with Crippen LogP contribution in [0, 0.1) is 17.2 Å². The Balaban J connectivity index is 2.38. The van der Waals surface area contributed by atoms with Crippen LogP contribution in [-0.4, -0.2) is 14.0 Å². The molecule has 0 spiro atoms. The van der Waals surface area contributed by atoms with Gasteiger partial charge in [0, 0.05) is 0 Å². The minimum absolute atomic E-state index is 0.0345. The van der Waals surface area contributed by atoms with E-state index in [1.165, 1.54) is 18.2 Å². The summed E-state index contributed by atoms with van der Waals surface area (Å²) >= 11 is 11.7. The van der Waals surface area contributed by atoms with Crippen molar-refractivity contribution in [1.82, 2.24) is 4.72 Å². The lowest BCUT2D eigenvalue weighted by atomic mass is 10.0. The number of nitriles is 1. The molecule has 4 nitrogen and oxygen atoms in total. The first-order valence-corrected chi connectivity index (χ1v) is 7.93. The van der Waals surface area contributed by atoms with Gasteiger partial charge < -0.3 is 0 Å². The van der Waals surface area contributed by atoms with Crippen molar-refractivity contribution >= 4 is 33.2 Å². The van der Waals surface area contributed by atoms with Crippen LogP contribution < -0.4 is 4.72 Å². The molecule has 1 aliphatic rings. The van der Waals surface area contributed by atoms with Crippen LogP contribution in [0.1, 0.15) is 19.8 Å². The molecule has 0 amide bonds. The van der Waals surface area contributed by atoms with Crippen LogP contribution in [0.4, 0.5) is 0 Å². The Labute approximate surface area is 122 Å². The van der Waals surface area contributed by atoms with Gasteiger partial charge in [-0.3, -0.25) is 0 Å². The molecule has 1 saturated carbocycles. The van der Waals surface area contributed by atoms with E-state index in [4.69, 9.17) is 23.2 Å². The van der Waals surface area contributed by atoms with Gasteiger partial charge in [0.25, 0.3) is 0 Å². The number of rotatable bonds is 4. The summed E-state index contributed by atoms with van der Waals surface area (Å²) in [5, 5.41) is 9.32. The van der Waals surface area contributed by atoms with Crippen LogP contribution in [0.2, 0.25) is 10.0 Å². The Bertz CT molecular complexity index is 650. The molecule has 1 aromatic rings. The summed E-state index contributed by atoms with van der Waals surface area (Å²) in [5.41, 5.74) is -1.11. The van der Waals surface area contributed by atoms with E-state index in [1.807, 2.05) is 6.07 Å². The molecule has 102 valence electrons. The predicted octanol–water partition coefficient (Wildman–Crippen LogP) is 2.96. The van der Waals surface area contributed by atoms with E-state index >= 15 is 0 Å². The van der Waals surface area contributed by atoms with E-state index in [9.17, 15) is 13.7 Å². The molecule has 0 heterocycles. The summed E-state index contributed by atoms with van der Waals surface area (Å²) in [6.45, 7) is 1.58. The molecule has 0 radical (unpaired) electrons. The quantitative estimate of drug-likeness (QED) is 0.927. The molecule has 7 heteroatoms. The van der Waals surface area contributed by atoms with Gasteiger partial charge in [-0.15, -0.1) is 0 Å². The highest BCUT2D eigenvalue weighted by atomic mass is 35.5. The lowest BCUT2D eigenvalue weighted by Crippen LogP contribution is -2.46.